The van der Waals surface area contributed by atoms with Crippen LogP contribution in [-0.4, -0.2) is 26.4 Å². The maximum absolute atomic E-state index is 6.69. The van der Waals surface area contributed by atoms with Gasteiger partial charge in [-0.1, -0.05) is 79.7 Å². The molecule has 4 aromatic carbocycles. The van der Waals surface area contributed by atoms with E-state index in [1.807, 2.05) is 24.3 Å². The lowest BCUT2D eigenvalue weighted by atomic mass is 9.71. The average Bonchev–Trinajstić information content (AvgIpc) is 3.05. The monoisotopic (exact) mass is 650 g/mol. The Labute approximate surface area is 286 Å². The van der Waals surface area contributed by atoms with E-state index in [9.17, 15) is 0 Å². The number of ether oxygens (including phenoxy) is 6. The number of hydrogen-bond donors (Lipinski definition) is 0. The van der Waals surface area contributed by atoms with E-state index in [1.165, 1.54) is 0 Å². The third-order valence-corrected chi connectivity index (χ3v) is 8.39. The van der Waals surface area contributed by atoms with Crippen molar-refractivity contribution < 1.29 is 28.4 Å². The molecule has 6 rings (SSSR count). The minimum Gasteiger partial charge on any atom is -0.493 e. The van der Waals surface area contributed by atoms with E-state index in [2.05, 4.69) is 104 Å². The van der Waals surface area contributed by atoms with Gasteiger partial charge in [-0.25, -0.2) is 0 Å². The minimum absolute atomic E-state index is 0.0756. The molecule has 0 N–H and O–H groups in total. The van der Waals surface area contributed by atoms with Crippen molar-refractivity contribution in [3.63, 3.8) is 0 Å². The van der Waals surface area contributed by atoms with Gasteiger partial charge in [-0.05, 0) is 47.9 Å². The van der Waals surface area contributed by atoms with E-state index < -0.39 is 0 Å². The van der Waals surface area contributed by atoms with Crippen LogP contribution in [-0.2, 0) is 0 Å². The summed E-state index contributed by atoms with van der Waals surface area (Å²) in [5.74, 6) is 7.84. The van der Waals surface area contributed by atoms with Gasteiger partial charge in [0.1, 0.15) is 46.0 Å². The van der Waals surface area contributed by atoms with Crippen LogP contribution in [0, 0.1) is 23.7 Å². The smallest absolute Gasteiger partial charge is 0.134 e. The van der Waals surface area contributed by atoms with Gasteiger partial charge in [0.05, 0.1) is 26.4 Å². The van der Waals surface area contributed by atoms with E-state index in [4.69, 9.17) is 28.4 Å². The molecule has 2 aliphatic rings. The van der Waals surface area contributed by atoms with Gasteiger partial charge in [-0.3, -0.25) is 0 Å². The van der Waals surface area contributed by atoms with Crippen molar-refractivity contribution >= 4 is 0 Å². The normalized spacial score (nSPS) is 13.8. The summed E-state index contributed by atoms with van der Waals surface area (Å²) in [7, 11) is 0. The van der Waals surface area contributed by atoms with Crippen LogP contribution in [0.1, 0.15) is 89.5 Å². The molecule has 0 saturated carbocycles. The van der Waals surface area contributed by atoms with Crippen LogP contribution in [0.4, 0.5) is 0 Å². The van der Waals surface area contributed by atoms with Crippen LogP contribution >= 0.6 is 0 Å². The highest BCUT2D eigenvalue weighted by Gasteiger charge is 2.40. The van der Waals surface area contributed by atoms with Gasteiger partial charge in [0.2, 0.25) is 0 Å². The highest BCUT2D eigenvalue weighted by Crippen LogP contribution is 2.58. The summed E-state index contributed by atoms with van der Waals surface area (Å²) in [5.41, 5.74) is 4.39. The maximum Gasteiger partial charge on any atom is 0.134 e. The van der Waals surface area contributed by atoms with E-state index >= 15 is 0 Å². The number of benzene rings is 4. The molecule has 0 atom stereocenters. The van der Waals surface area contributed by atoms with E-state index in [0.717, 1.165) is 68.2 Å². The van der Waals surface area contributed by atoms with Crippen molar-refractivity contribution in [1.82, 2.24) is 0 Å². The van der Waals surface area contributed by atoms with Gasteiger partial charge >= 0.3 is 0 Å². The molecule has 254 valence electrons. The van der Waals surface area contributed by atoms with E-state index in [0.29, 0.717) is 50.1 Å². The first-order valence-corrected chi connectivity index (χ1v) is 17.5. The first-order valence-electron chi connectivity index (χ1n) is 17.5. The number of hydrogen-bond acceptors (Lipinski definition) is 6. The Balaban J connectivity index is 1.49. The molecule has 0 aliphatic carbocycles. The molecule has 0 bridgehead atoms. The summed E-state index contributed by atoms with van der Waals surface area (Å²) in [4.78, 5) is 0. The molecule has 6 heteroatoms. The second-order valence-electron chi connectivity index (χ2n) is 14.8. The molecule has 48 heavy (non-hydrogen) atoms. The molecular weight excluding hydrogens is 600 g/mol. The maximum atomic E-state index is 6.69. The van der Waals surface area contributed by atoms with Crippen molar-refractivity contribution in [2.45, 2.75) is 67.2 Å². The van der Waals surface area contributed by atoms with Crippen LogP contribution in [0.5, 0.6) is 46.0 Å². The largest absolute Gasteiger partial charge is 0.493 e. The molecule has 2 heterocycles. The quantitative estimate of drug-likeness (QED) is 0.144. The van der Waals surface area contributed by atoms with Crippen molar-refractivity contribution in [1.29, 1.82) is 0 Å². The van der Waals surface area contributed by atoms with Crippen LogP contribution in [0.2, 0.25) is 0 Å². The lowest BCUT2D eigenvalue weighted by Gasteiger charge is -2.38. The van der Waals surface area contributed by atoms with E-state index in [1.54, 1.807) is 0 Å². The third kappa shape index (κ3) is 7.53. The zero-order chi connectivity index (χ0) is 33.9. The second-order valence-corrected chi connectivity index (χ2v) is 14.8. The highest BCUT2D eigenvalue weighted by atomic mass is 16.5. The third-order valence-electron chi connectivity index (χ3n) is 8.39. The van der Waals surface area contributed by atoms with Crippen LogP contribution in [0.3, 0.4) is 0 Å². The molecule has 0 fully saturated rings. The van der Waals surface area contributed by atoms with Gasteiger partial charge in [0.15, 0.2) is 0 Å². The molecule has 0 aromatic heterocycles. The van der Waals surface area contributed by atoms with Crippen molar-refractivity contribution in [2.24, 2.45) is 23.7 Å². The number of fused-ring (bicyclic) bond motifs is 4. The van der Waals surface area contributed by atoms with Gasteiger partial charge in [0.25, 0.3) is 0 Å². The molecule has 0 saturated heterocycles. The predicted octanol–water partition coefficient (Wildman–Crippen LogP) is 11.0. The summed E-state index contributed by atoms with van der Waals surface area (Å²) in [6.45, 7) is 19.7. The fourth-order valence-corrected chi connectivity index (χ4v) is 6.14. The van der Waals surface area contributed by atoms with Crippen LogP contribution in [0.15, 0.2) is 72.8 Å². The Bertz CT molecular complexity index is 1470. The fourth-order valence-electron chi connectivity index (χ4n) is 6.14. The number of rotatable bonds is 13. The van der Waals surface area contributed by atoms with Crippen molar-refractivity contribution in [2.75, 3.05) is 26.4 Å². The van der Waals surface area contributed by atoms with Gasteiger partial charge in [-0.15, -0.1) is 0 Å². The molecule has 6 nitrogen and oxygen atoms in total. The molecular formula is C42H50O6. The first kappa shape index (κ1) is 33.6. The minimum atomic E-state index is -0.0756. The summed E-state index contributed by atoms with van der Waals surface area (Å²) in [6.07, 6.45) is 0. The first-order chi connectivity index (χ1) is 23.0. The fraction of sp³-hybridized carbons (Fsp3) is 0.429. The summed E-state index contributed by atoms with van der Waals surface area (Å²) >= 11 is 0. The lowest BCUT2D eigenvalue weighted by Crippen LogP contribution is -2.22. The zero-order valence-electron chi connectivity index (χ0n) is 29.7. The predicted molar refractivity (Wildman–Crippen MR) is 191 cm³/mol. The molecule has 0 spiro atoms. The van der Waals surface area contributed by atoms with Gasteiger partial charge in [-0.2, -0.15) is 0 Å². The van der Waals surface area contributed by atoms with Crippen LogP contribution in [0.25, 0.3) is 0 Å². The summed E-state index contributed by atoms with van der Waals surface area (Å²) in [6, 6.07) is 25.0. The Kier molecular flexibility index (Phi) is 10.1. The Morgan fingerprint density at radius 1 is 0.396 bits per heavy atom. The lowest BCUT2D eigenvalue weighted by molar-refractivity contribution is 0.267. The van der Waals surface area contributed by atoms with Gasteiger partial charge < -0.3 is 28.4 Å². The Hall–Kier alpha value is -4.32. The molecule has 0 radical (unpaired) electrons. The molecule has 0 amide bonds. The van der Waals surface area contributed by atoms with Gasteiger partial charge in [0, 0.05) is 58.4 Å². The topological polar surface area (TPSA) is 55.4 Å². The Morgan fingerprint density at radius 3 is 0.833 bits per heavy atom. The van der Waals surface area contributed by atoms with Crippen molar-refractivity contribution in [3.05, 3.63) is 95.1 Å². The summed E-state index contributed by atoms with van der Waals surface area (Å²) in [5, 5.41) is 0. The average molecular weight is 651 g/mol. The molecule has 2 aliphatic heterocycles. The molecule has 4 aromatic rings. The zero-order valence-corrected chi connectivity index (χ0v) is 29.7. The standard InChI is InChI=1S/C42H50O6/c1-25(2)21-43-29-9-13-33-37(17-29)47-38-18-30(44-22-26(3)4)10-14-34(38)41(33)42-35-15-11-31(45-23-27(5)6)19-39(35)48-40-20-32(12-16-36(40)42)46-24-28(7)8/h9-20,25-28,41-42H,21-24H2,1-8H3. The highest BCUT2D eigenvalue weighted by molar-refractivity contribution is 5.65. The summed E-state index contributed by atoms with van der Waals surface area (Å²) < 4.78 is 38.0. The SMILES string of the molecule is CC(C)COc1ccc2c(c1)Oc1cc(OCC(C)C)ccc1C2C1c2ccc(OCC(C)C)cc2Oc2cc(OCC(C)C)ccc21. The molecule has 0 unspecified atom stereocenters. The Morgan fingerprint density at radius 2 is 0.625 bits per heavy atom. The van der Waals surface area contributed by atoms with Crippen molar-refractivity contribution in [3.8, 4) is 46.0 Å². The van der Waals surface area contributed by atoms with E-state index in [-0.39, 0.29) is 11.8 Å². The van der Waals surface area contributed by atoms with Crippen LogP contribution < -0.4 is 28.4 Å². The second kappa shape index (κ2) is 14.4.